The van der Waals surface area contributed by atoms with E-state index in [1.165, 1.54) is 0 Å². The minimum Gasteiger partial charge on any atom is -0.325 e. The fraction of sp³-hybridized carbons (Fsp3) is 0.222. The summed E-state index contributed by atoms with van der Waals surface area (Å²) in [6.07, 6.45) is 0. The smallest absolute Gasteiger partial charge is 0.237 e. The SMILES string of the molecule is CC(Br)C(=O)Nc1ccc(I)c(Br)c1. The molecule has 0 fully saturated rings. The van der Waals surface area contributed by atoms with E-state index >= 15 is 0 Å². The minimum atomic E-state index is -0.180. The second-order valence-electron chi connectivity index (χ2n) is 2.73. The zero-order valence-electron chi connectivity index (χ0n) is 7.35. The molecule has 2 nitrogen and oxygen atoms in total. The average Bonchev–Trinajstić information content (AvgIpc) is 2.11. The van der Waals surface area contributed by atoms with Crippen molar-refractivity contribution in [1.29, 1.82) is 0 Å². The summed E-state index contributed by atoms with van der Waals surface area (Å²) in [6, 6.07) is 5.70. The van der Waals surface area contributed by atoms with Crippen LogP contribution in [0.15, 0.2) is 22.7 Å². The van der Waals surface area contributed by atoms with Crippen LogP contribution < -0.4 is 5.32 Å². The summed E-state index contributed by atoms with van der Waals surface area (Å²) in [5.41, 5.74) is 0.800. The van der Waals surface area contributed by atoms with Crippen LogP contribution in [-0.4, -0.2) is 10.7 Å². The van der Waals surface area contributed by atoms with Crippen molar-refractivity contribution in [1.82, 2.24) is 0 Å². The highest BCUT2D eigenvalue weighted by Gasteiger charge is 2.08. The lowest BCUT2D eigenvalue weighted by Crippen LogP contribution is -2.19. The Hall–Kier alpha value is 0.380. The van der Waals surface area contributed by atoms with Crippen molar-refractivity contribution >= 4 is 66.0 Å². The summed E-state index contributed by atoms with van der Waals surface area (Å²) in [5, 5.41) is 2.79. The fourth-order valence-electron chi connectivity index (χ4n) is 0.816. The van der Waals surface area contributed by atoms with Crippen LogP contribution in [0, 0.1) is 3.57 Å². The minimum absolute atomic E-state index is 0.0434. The van der Waals surface area contributed by atoms with Crippen molar-refractivity contribution in [2.24, 2.45) is 0 Å². The summed E-state index contributed by atoms with van der Waals surface area (Å²) in [6.45, 7) is 1.79. The molecule has 1 N–H and O–H groups in total. The van der Waals surface area contributed by atoms with Crippen LogP contribution in [0.2, 0.25) is 0 Å². The first-order valence-electron chi connectivity index (χ1n) is 3.90. The lowest BCUT2D eigenvalue weighted by atomic mass is 10.3. The quantitative estimate of drug-likeness (QED) is 0.559. The summed E-state index contributed by atoms with van der Waals surface area (Å²) in [5.74, 6) is -0.0434. The van der Waals surface area contributed by atoms with Crippen LogP contribution in [0.3, 0.4) is 0 Å². The third kappa shape index (κ3) is 3.51. The molecule has 0 aliphatic heterocycles. The van der Waals surface area contributed by atoms with Gasteiger partial charge in [-0.2, -0.15) is 0 Å². The topological polar surface area (TPSA) is 29.1 Å². The predicted molar refractivity (Wildman–Crippen MR) is 73.9 cm³/mol. The van der Waals surface area contributed by atoms with Gasteiger partial charge >= 0.3 is 0 Å². The van der Waals surface area contributed by atoms with Crippen LogP contribution in [0.5, 0.6) is 0 Å². The molecule has 5 heteroatoms. The molecule has 1 aromatic rings. The molecule has 1 unspecified atom stereocenters. The van der Waals surface area contributed by atoms with Crippen LogP contribution >= 0.6 is 54.5 Å². The molecule has 0 heterocycles. The van der Waals surface area contributed by atoms with Gasteiger partial charge in [0.1, 0.15) is 0 Å². The Morgan fingerprint density at radius 2 is 2.21 bits per heavy atom. The van der Waals surface area contributed by atoms with Gasteiger partial charge in [-0.1, -0.05) is 15.9 Å². The molecule has 0 bridgehead atoms. The lowest BCUT2D eigenvalue weighted by molar-refractivity contribution is -0.115. The predicted octanol–water partition coefficient (Wildman–Crippen LogP) is 3.78. The van der Waals surface area contributed by atoms with Gasteiger partial charge < -0.3 is 5.32 Å². The van der Waals surface area contributed by atoms with Crippen molar-refractivity contribution in [2.75, 3.05) is 5.32 Å². The fourth-order valence-corrected chi connectivity index (χ4v) is 1.64. The van der Waals surface area contributed by atoms with Crippen LogP contribution in [0.4, 0.5) is 5.69 Å². The number of amides is 1. The number of carbonyl (C=O) groups excluding carboxylic acids is 1. The van der Waals surface area contributed by atoms with Gasteiger partial charge in [0.25, 0.3) is 0 Å². The number of benzene rings is 1. The second kappa shape index (κ2) is 5.46. The van der Waals surface area contributed by atoms with Crippen molar-refractivity contribution < 1.29 is 4.79 Å². The lowest BCUT2D eigenvalue weighted by Gasteiger charge is -2.07. The number of hydrogen-bond acceptors (Lipinski definition) is 1. The molecule has 1 aromatic carbocycles. The number of halogens is 3. The monoisotopic (exact) mass is 431 g/mol. The van der Waals surface area contributed by atoms with Gasteiger partial charge in [0.15, 0.2) is 0 Å². The van der Waals surface area contributed by atoms with E-state index in [2.05, 4.69) is 59.8 Å². The maximum absolute atomic E-state index is 11.3. The first-order chi connectivity index (χ1) is 6.50. The van der Waals surface area contributed by atoms with E-state index in [1.54, 1.807) is 6.92 Å². The Bertz CT molecular complexity index is 355. The highest BCUT2D eigenvalue weighted by molar-refractivity contribution is 14.1. The van der Waals surface area contributed by atoms with E-state index in [4.69, 9.17) is 0 Å². The normalized spacial score (nSPS) is 12.3. The molecule has 1 atom stereocenters. The maximum atomic E-state index is 11.3. The second-order valence-corrected chi connectivity index (χ2v) is 6.12. The van der Waals surface area contributed by atoms with Gasteiger partial charge in [-0.25, -0.2) is 0 Å². The summed E-state index contributed by atoms with van der Waals surface area (Å²) >= 11 is 8.83. The largest absolute Gasteiger partial charge is 0.325 e. The molecule has 0 saturated carbocycles. The first kappa shape index (κ1) is 12.4. The van der Waals surface area contributed by atoms with E-state index in [9.17, 15) is 4.79 Å². The van der Waals surface area contributed by atoms with E-state index in [0.29, 0.717) is 0 Å². The standard InChI is InChI=1S/C9H8Br2INO/c1-5(10)9(14)13-6-2-3-8(12)7(11)4-6/h2-5H,1H3,(H,13,14). The number of anilines is 1. The summed E-state index contributed by atoms with van der Waals surface area (Å²) in [4.78, 5) is 11.2. The van der Waals surface area contributed by atoms with Crippen molar-refractivity contribution in [3.05, 3.63) is 26.2 Å². The van der Waals surface area contributed by atoms with Crippen molar-refractivity contribution in [2.45, 2.75) is 11.8 Å². The number of carbonyl (C=O) groups is 1. The van der Waals surface area contributed by atoms with Gasteiger partial charge in [0.05, 0.1) is 4.83 Å². The molecule has 14 heavy (non-hydrogen) atoms. The first-order valence-corrected chi connectivity index (χ1v) is 6.69. The van der Waals surface area contributed by atoms with E-state index < -0.39 is 0 Å². The number of rotatable bonds is 2. The Kier molecular flexibility index (Phi) is 4.86. The average molecular weight is 433 g/mol. The Balaban J connectivity index is 2.78. The molecule has 0 aliphatic carbocycles. The third-order valence-corrected chi connectivity index (χ3v) is 4.30. The molecule has 1 amide bonds. The van der Waals surface area contributed by atoms with Crippen molar-refractivity contribution in [3.63, 3.8) is 0 Å². The molecular weight excluding hydrogens is 425 g/mol. The number of hydrogen-bond donors (Lipinski definition) is 1. The van der Waals surface area contributed by atoms with Gasteiger partial charge in [-0.05, 0) is 63.6 Å². The highest BCUT2D eigenvalue weighted by atomic mass is 127. The Morgan fingerprint density at radius 3 is 2.71 bits per heavy atom. The third-order valence-electron chi connectivity index (χ3n) is 1.55. The van der Waals surface area contributed by atoms with E-state index in [-0.39, 0.29) is 10.7 Å². The molecular formula is C9H8Br2INO. The van der Waals surface area contributed by atoms with Gasteiger partial charge in [-0.15, -0.1) is 0 Å². The van der Waals surface area contributed by atoms with Gasteiger partial charge in [0.2, 0.25) is 5.91 Å². The van der Waals surface area contributed by atoms with Gasteiger partial charge in [-0.3, -0.25) is 4.79 Å². The zero-order valence-corrected chi connectivity index (χ0v) is 12.7. The van der Waals surface area contributed by atoms with E-state index in [1.807, 2.05) is 18.2 Å². The highest BCUT2D eigenvalue weighted by Crippen LogP contribution is 2.23. The summed E-state index contributed by atoms with van der Waals surface area (Å²) < 4.78 is 2.10. The van der Waals surface area contributed by atoms with Crippen molar-refractivity contribution in [3.8, 4) is 0 Å². The molecule has 0 saturated heterocycles. The van der Waals surface area contributed by atoms with Crippen LogP contribution in [0.1, 0.15) is 6.92 Å². The molecule has 76 valence electrons. The maximum Gasteiger partial charge on any atom is 0.237 e. The van der Waals surface area contributed by atoms with Crippen LogP contribution in [-0.2, 0) is 4.79 Å². The van der Waals surface area contributed by atoms with Crippen LogP contribution in [0.25, 0.3) is 0 Å². The number of alkyl halides is 1. The van der Waals surface area contributed by atoms with E-state index in [0.717, 1.165) is 13.7 Å². The Labute approximate surface area is 113 Å². The van der Waals surface area contributed by atoms with Gasteiger partial charge in [0, 0.05) is 13.7 Å². The Morgan fingerprint density at radius 1 is 1.57 bits per heavy atom. The summed E-state index contributed by atoms with van der Waals surface area (Å²) in [7, 11) is 0. The molecule has 0 spiro atoms. The molecule has 0 aliphatic rings. The molecule has 1 rings (SSSR count). The zero-order chi connectivity index (χ0) is 10.7. The molecule has 0 aromatic heterocycles. The number of nitrogens with one attached hydrogen (secondary N) is 1. The molecule has 0 radical (unpaired) electrons.